The van der Waals surface area contributed by atoms with E-state index in [1.807, 2.05) is 29.6 Å². The number of ether oxygens (including phenoxy) is 2. The number of nitrogens with zero attached hydrogens (tertiary/aromatic N) is 3. The van der Waals surface area contributed by atoms with E-state index >= 15 is 0 Å². The summed E-state index contributed by atoms with van der Waals surface area (Å²) in [5.74, 6) is 3.33. The molecule has 12 heteroatoms. The molecule has 3 heterocycles. The Bertz CT molecular complexity index is 1100. The number of aromatic nitrogens is 3. The minimum Gasteiger partial charge on any atom is -0.451 e. The molecule has 0 aliphatic carbocycles. The van der Waals surface area contributed by atoms with Crippen molar-refractivity contribution in [2.45, 2.75) is 18.5 Å². The number of H-pyrrole nitrogens is 1. The van der Waals surface area contributed by atoms with Crippen molar-refractivity contribution in [3.8, 4) is 11.5 Å². The van der Waals surface area contributed by atoms with E-state index in [2.05, 4.69) is 25.3 Å². The highest BCUT2D eigenvalue weighted by Gasteiger charge is 2.24. The number of rotatable bonds is 9. The fourth-order valence-electron chi connectivity index (χ4n) is 2.81. The molecule has 0 bridgehead atoms. The Kier molecular flexibility index (Phi) is 6.57. The molecule has 0 spiro atoms. The van der Waals surface area contributed by atoms with Gasteiger partial charge in [-0.05, 0) is 12.1 Å². The van der Waals surface area contributed by atoms with Crippen molar-refractivity contribution in [1.82, 2.24) is 15.0 Å². The van der Waals surface area contributed by atoms with Gasteiger partial charge in [-0.2, -0.15) is 16.8 Å². The van der Waals surface area contributed by atoms with Crippen molar-refractivity contribution in [2.75, 3.05) is 17.6 Å². The number of aliphatic imine (C=N–C) groups is 1. The number of anilines is 1. The summed E-state index contributed by atoms with van der Waals surface area (Å²) in [6.07, 6.45) is 1.32. The second kappa shape index (κ2) is 9.71. The number of aromatic amines is 1. The van der Waals surface area contributed by atoms with Crippen LogP contribution in [0, 0.1) is 0 Å². The number of hydrogen-bond donors (Lipinski definition) is 4. The molecule has 2 aromatic heterocycles. The molecule has 10 nitrogen and oxygen atoms in total. The summed E-state index contributed by atoms with van der Waals surface area (Å²) in [6, 6.07) is 7.41. The van der Waals surface area contributed by atoms with Crippen LogP contribution in [0.1, 0.15) is 11.3 Å². The third-order valence-electron chi connectivity index (χ3n) is 4.18. The smallest absolute Gasteiger partial charge is 0.255 e. The van der Waals surface area contributed by atoms with Gasteiger partial charge >= 0.3 is 0 Å². The number of hydrogen-bond acceptors (Lipinski definition) is 9. The minimum atomic E-state index is -0.534. The van der Waals surface area contributed by atoms with E-state index in [0.717, 1.165) is 17.2 Å². The monoisotopic (exact) mass is 459 g/mol. The summed E-state index contributed by atoms with van der Waals surface area (Å²) in [4.78, 5) is 27.7. The maximum atomic E-state index is 12.4. The molecule has 0 saturated heterocycles. The van der Waals surface area contributed by atoms with Crippen LogP contribution in [0.4, 0.5) is 11.1 Å². The van der Waals surface area contributed by atoms with Gasteiger partial charge in [0.2, 0.25) is 17.4 Å². The van der Waals surface area contributed by atoms with Crippen LogP contribution < -0.4 is 31.8 Å². The van der Waals surface area contributed by atoms with E-state index < -0.39 is 6.29 Å². The fourth-order valence-corrected chi connectivity index (χ4v) is 4.37. The first-order valence-corrected chi connectivity index (χ1v) is 11.5. The van der Waals surface area contributed by atoms with Gasteiger partial charge in [-0.15, -0.1) is 11.3 Å². The van der Waals surface area contributed by atoms with Gasteiger partial charge in [-0.3, -0.25) is 9.78 Å². The molecule has 0 saturated carbocycles. The molecule has 0 radical (unpaired) electrons. The number of guanidine groups is 1. The normalized spacial score (nSPS) is 12.6. The van der Waals surface area contributed by atoms with Gasteiger partial charge in [0.25, 0.3) is 5.56 Å². The fraction of sp³-hybridized carbons (Fsp3) is 0.263. The van der Waals surface area contributed by atoms with Crippen molar-refractivity contribution in [3.63, 3.8) is 0 Å². The maximum absolute atomic E-state index is 12.4. The van der Waals surface area contributed by atoms with Crippen LogP contribution in [0.25, 0.3) is 0 Å². The lowest BCUT2D eigenvalue weighted by atomic mass is 10.2. The number of thioether (sulfide) groups is 1. The molecule has 0 fully saturated rings. The number of benzene rings is 1. The highest BCUT2D eigenvalue weighted by molar-refractivity contribution is 7.98. The Hall–Kier alpha value is -3.25. The quantitative estimate of drug-likeness (QED) is 0.213. The Balaban J connectivity index is 1.21. The van der Waals surface area contributed by atoms with Crippen LogP contribution in [-0.2, 0) is 12.2 Å². The molecule has 0 amide bonds. The molecule has 0 atom stereocenters. The highest BCUT2D eigenvalue weighted by Crippen LogP contribution is 2.34. The minimum absolute atomic E-state index is 0.00125. The molecule has 4 rings (SSSR count). The molecule has 3 aromatic rings. The third kappa shape index (κ3) is 5.67. The molecule has 162 valence electrons. The second-order valence-corrected chi connectivity index (χ2v) is 8.48. The van der Waals surface area contributed by atoms with E-state index in [1.165, 1.54) is 11.3 Å². The average Bonchev–Trinajstić information content (AvgIpc) is 3.35. The number of nitrogens with two attached hydrogens (primary N) is 2. The SMILES string of the molecule is NC(N)=Nc1nc(CSCCNc2ncc(CC3Oc4ccccc4O3)c(=O)[nH]2)cs1. The zero-order chi connectivity index (χ0) is 21.6. The number of thiazole rings is 1. The predicted molar refractivity (Wildman–Crippen MR) is 122 cm³/mol. The zero-order valence-electron chi connectivity index (χ0n) is 16.4. The van der Waals surface area contributed by atoms with Crippen LogP contribution in [0.3, 0.4) is 0 Å². The summed E-state index contributed by atoms with van der Waals surface area (Å²) < 4.78 is 11.4. The molecular weight excluding hydrogens is 438 g/mol. The van der Waals surface area contributed by atoms with E-state index in [9.17, 15) is 4.79 Å². The first-order valence-electron chi connectivity index (χ1n) is 9.43. The summed E-state index contributed by atoms with van der Waals surface area (Å²) in [7, 11) is 0. The van der Waals surface area contributed by atoms with Gasteiger partial charge in [0, 0.05) is 35.2 Å². The largest absolute Gasteiger partial charge is 0.451 e. The molecule has 6 N–H and O–H groups in total. The highest BCUT2D eigenvalue weighted by atomic mass is 32.2. The standard InChI is InChI=1S/C19H21N7O3S2/c20-17(21)26-19-24-12(10-31-19)9-30-6-5-22-18-23-8-11(16(27)25-18)7-15-28-13-3-1-2-4-14(13)29-15/h1-4,8,10,15H,5-7,9H2,(H4,20,21,24,26)(H2,22,23,25,27). The van der Waals surface area contributed by atoms with Crippen LogP contribution in [0.15, 0.2) is 45.6 Å². The Labute approximate surface area is 186 Å². The topological polar surface area (TPSA) is 154 Å². The van der Waals surface area contributed by atoms with E-state index in [-0.39, 0.29) is 11.5 Å². The lowest BCUT2D eigenvalue weighted by Gasteiger charge is -2.10. The van der Waals surface area contributed by atoms with Gasteiger partial charge < -0.3 is 26.3 Å². The Morgan fingerprint density at radius 1 is 1.29 bits per heavy atom. The maximum Gasteiger partial charge on any atom is 0.255 e. The first-order chi connectivity index (χ1) is 15.1. The third-order valence-corrected chi connectivity index (χ3v) is 5.95. The second-order valence-electron chi connectivity index (χ2n) is 6.54. The van der Waals surface area contributed by atoms with Gasteiger partial charge in [0.05, 0.1) is 12.1 Å². The average molecular weight is 460 g/mol. The van der Waals surface area contributed by atoms with Gasteiger partial charge in [-0.1, -0.05) is 12.1 Å². The number of para-hydroxylation sites is 2. The van der Waals surface area contributed by atoms with Crippen LogP contribution in [-0.4, -0.2) is 39.5 Å². The van der Waals surface area contributed by atoms with E-state index in [1.54, 1.807) is 18.0 Å². The van der Waals surface area contributed by atoms with Crippen molar-refractivity contribution in [3.05, 3.63) is 57.5 Å². The summed E-state index contributed by atoms with van der Waals surface area (Å²) in [5, 5.41) is 5.59. The van der Waals surface area contributed by atoms with Crippen molar-refractivity contribution >= 4 is 40.1 Å². The summed E-state index contributed by atoms with van der Waals surface area (Å²) >= 11 is 3.09. The molecule has 1 aromatic carbocycles. The van der Waals surface area contributed by atoms with Gasteiger partial charge in [0.1, 0.15) is 0 Å². The molecule has 31 heavy (non-hydrogen) atoms. The summed E-state index contributed by atoms with van der Waals surface area (Å²) in [6.45, 7) is 0.641. The van der Waals surface area contributed by atoms with Gasteiger partial charge in [-0.25, -0.2) is 9.97 Å². The molecule has 0 unspecified atom stereocenters. The van der Waals surface area contributed by atoms with Crippen LogP contribution >= 0.6 is 23.1 Å². The van der Waals surface area contributed by atoms with Crippen molar-refractivity contribution < 1.29 is 9.47 Å². The van der Waals surface area contributed by atoms with E-state index in [0.29, 0.717) is 41.1 Å². The Morgan fingerprint density at radius 2 is 2.06 bits per heavy atom. The molecular formula is C19H21N7O3S2. The number of nitrogens with one attached hydrogen (secondary N) is 2. The van der Waals surface area contributed by atoms with Crippen LogP contribution in [0.5, 0.6) is 11.5 Å². The van der Waals surface area contributed by atoms with E-state index in [4.69, 9.17) is 20.9 Å². The lowest BCUT2D eigenvalue weighted by Crippen LogP contribution is -2.26. The number of fused-ring (bicyclic) bond motifs is 1. The van der Waals surface area contributed by atoms with Crippen LogP contribution in [0.2, 0.25) is 0 Å². The Morgan fingerprint density at radius 3 is 2.77 bits per heavy atom. The lowest BCUT2D eigenvalue weighted by molar-refractivity contribution is 0.0499. The zero-order valence-corrected chi connectivity index (χ0v) is 18.0. The van der Waals surface area contributed by atoms with Crippen molar-refractivity contribution in [2.24, 2.45) is 16.5 Å². The van der Waals surface area contributed by atoms with Gasteiger partial charge in [0.15, 0.2) is 17.5 Å². The first kappa shape index (κ1) is 21.0. The molecule has 1 aliphatic rings. The predicted octanol–water partition coefficient (Wildman–Crippen LogP) is 1.82. The summed E-state index contributed by atoms with van der Waals surface area (Å²) in [5.41, 5.74) is 11.9. The van der Waals surface area contributed by atoms with Crippen molar-refractivity contribution in [1.29, 1.82) is 0 Å². The molecule has 1 aliphatic heterocycles.